The van der Waals surface area contributed by atoms with Crippen LogP contribution in [0.25, 0.3) is 0 Å². The second kappa shape index (κ2) is 6.70. The van der Waals surface area contributed by atoms with Crippen LogP contribution in [0.3, 0.4) is 0 Å². The van der Waals surface area contributed by atoms with E-state index in [1.165, 1.54) is 0 Å². The van der Waals surface area contributed by atoms with E-state index in [4.69, 9.17) is 4.52 Å². The molecule has 1 N–H and O–H groups in total. The lowest BCUT2D eigenvalue weighted by atomic mass is 9.94. The Morgan fingerprint density at radius 1 is 1.40 bits per heavy atom. The molecule has 0 aromatic carbocycles. The number of aromatic nitrogens is 1. The van der Waals surface area contributed by atoms with Gasteiger partial charge in [0.05, 0.1) is 17.8 Å². The Hall–Kier alpha value is -0.910. The maximum absolute atomic E-state index is 10.6. The first kappa shape index (κ1) is 15.5. The van der Waals surface area contributed by atoms with Crippen molar-refractivity contribution in [2.45, 2.75) is 44.8 Å². The summed E-state index contributed by atoms with van der Waals surface area (Å²) in [4.78, 5) is 4.42. The van der Waals surface area contributed by atoms with Crippen molar-refractivity contribution in [3.63, 3.8) is 0 Å². The van der Waals surface area contributed by atoms with E-state index in [0.717, 1.165) is 63.3 Å². The van der Waals surface area contributed by atoms with Gasteiger partial charge in [0, 0.05) is 19.2 Å². The van der Waals surface area contributed by atoms with E-state index in [2.05, 4.69) is 21.9 Å². The molecule has 1 aliphatic heterocycles. The molecule has 1 saturated heterocycles. The summed E-state index contributed by atoms with van der Waals surface area (Å²) < 4.78 is 5.35. The Kier molecular flexibility index (Phi) is 5.18. The van der Waals surface area contributed by atoms with Crippen LogP contribution >= 0.6 is 0 Å². The van der Waals surface area contributed by atoms with Crippen LogP contribution in [-0.2, 0) is 13.0 Å². The highest BCUT2D eigenvalue weighted by molar-refractivity contribution is 5.05. The second-order valence-corrected chi connectivity index (χ2v) is 6.23. The molecule has 0 amide bonds. The molecule has 2 rings (SSSR count). The molecule has 0 saturated carbocycles. The third-order valence-corrected chi connectivity index (χ3v) is 3.97. The number of likely N-dealkylation sites (N-methyl/N-ethyl adjacent to an activating group) is 1. The van der Waals surface area contributed by atoms with Crippen LogP contribution in [0.5, 0.6) is 0 Å². The van der Waals surface area contributed by atoms with Crippen molar-refractivity contribution in [1.29, 1.82) is 0 Å². The van der Waals surface area contributed by atoms with Gasteiger partial charge in [0.15, 0.2) is 5.76 Å². The summed E-state index contributed by atoms with van der Waals surface area (Å²) in [7, 11) is 4.03. The molecule has 0 aliphatic carbocycles. The first-order valence-corrected chi connectivity index (χ1v) is 7.55. The van der Waals surface area contributed by atoms with Gasteiger partial charge in [-0.1, -0.05) is 12.1 Å². The first-order valence-electron chi connectivity index (χ1n) is 7.55. The third-order valence-electron chi connectivity index (χ3n) is 3.97. The molecule has 1 aliphatic rings. The van der Waals surface area contributed by atoms with Crippen LogP contribution in [0.4, 0.5) is 0 Å². The lowest BCUT2D eigenvalue weighted by Gasteiger charge is -2.29. The summed E-state index contributed by atoms with van der Waals surface area (Å²) in [6.45, 7) is 5.54. The van der Waals surface area contributed by atoms with Crippen LogP contribution < -0.4 is 0 Å². The Bertz CT molecular complexity index is 419. The number of aliphatic hydroxyl groups is 1. The Morgan fingerprint density at radius 2 is 2.20 bits per heavy atom. The van der Waals surface area contributed by atoms with E-state index in [1.807, 2.05) is 20.2 Å². The van der Waals surface area contributed by atoms with Gasteiger partial charge in [-0.25, -0.2) is 0 Å². The minimum atomic E-state index is -0.547. The summed E-state index contributed by atoms with van der Waals surface area (Å²) in [6, 6.07) is 2.04. The van der Waals surface area contributed by atoms with E-state index in [-0.39, 0.29) is 0 Å². The van der Waals surface area contributed by atoms with E-state index in [1.54, 1.807) is 0 Å². The Balaban J connectivity index is 1.89. The fraction of sp³-hybridized carbons (Fsp3) is 0.800. The van der Waals surface area contributed by atoms with E-state index >= 15 is 0 Å². The molecule has 20 heavy (non-hydrogen) atoms. The Labute approximate surface area is 121 Å². The molecule has 0 unspecified atom stereocenters. The van der Waals surface area contributed by atoms with Crippen LogP contribution in [-0.4, -0.2) is 59.4 Å². The molecule has 1 aromatic rings. The van der Waals surface area contributed by atoms with E-state index in [0.29, 0.717) is 0 Å². The molecule has 1 aromatic heterocycles. The number of hydrogen-bond acceptors (Lipinski definition) is 5. The van der Waals surface area contributed by atoms with Crippen molar-refractivity contribution in [2.75, 3.05) is 33.7 Å². The summed E-state index contributed by atoms with van der Waals surface area (Å²) in [5.74, 6) is 0.930. The van der Waals surface area contributed by atoms with Crippen molar-refractivity contribution in [2.24, 2.45) is 0 Å². The quantitative estimate of drug-likeness (QED) is 0.887. The Morgan fingerprint density at radius 3 is 2.85 bits per heavy atom. The fourth-order valence-electron chi connectivity index (χ4n) is 2.96. The molecule has 1 atom stereocenters. The molecule has 5 nitrogen and oxygen atoms in total. The predicted molar refractivity (Wildman–Crippen MR) is 78.5 cm³/mol. The van der Waals surface area contributed by atoms with Gasteiger partial charge in [0.2, 0.25) is 0 Å². The summed E-state index contributed by atoms with van der Waals surface area (Å²) >= 11 is 0. The molecule has 0 radical (unpaired) electrons. The normalized spacial score (nSPS) is 25.1. The zero-order chi connectivity index (χ0) is 14.6. The second-order valence-electron chi connectivity index (χ2n) is 6.23. The van der Waals surface area contributed by atoms with Gasteiger partial charge in [0.25, 0.3) is 0 Å². The van der Waals surface area contributed by atoms with Crippen molar-refractivity contribution < 1.29 is 9.63 Å². The van der Waals surface area contributed by atoms with Gasteiger partial charge < -0.3 is 14.5 Å². The van der Waals surface area contributed by atoms with E-state index in [9.17, 15) is 5.11 Å². The highest BCUT2D eigenvalue weighted by Crippen LogP contribution is 2.24. The molecule has 2 heterocycles. The van der Waals surface area contributed by atoms with Crippen molar-refractivity contribution in [3.8, 4) is 0 Å². The summed E-state index contributed by atoms with van der Waals surface area (Å²) in [6.07, 6.45) is 3.63. The predicted octanol–water partition coefficient (Wildman–Crippen LogP) is 1.52. The van der Waals surface area contributed by atoms with Gasteiger partial charge in [0.1, 0.15) is 0 Å². The molecule has 5 heteroatoms. The number of nitrogens with zero attached hydrogens (tertiary/aromatic N) is 3. The number of likely N-dealkylation sites (tertiary alicyclic amines) is 1. The monoisotopic (exact) mass is 281 g/mol. The smallest absolute Gasteiger partial charge is 0.150 e. The topological polar surface area (TPSA) is 52.7 Å². The minimum absolute atomic E-state index is 0.547. The molecular weight excluding hydrogens is 254 g/mol. The summed E-state index contributed by atoms with van der Waals surface area (Å²) in [5.41, 5.74) is 0.466. The zero-order valence-electron chi connectivity index (χ0n) is 12.9. The SMILES string of the molecule is CCc1cc(CN2CCC[C@](O)(CN(C)C)CC2)on1. The van der Waals surface area contributed by atoms with Gasteiger partial charge in [-0.15, -0.1) is 0 Å². The van der Waals surface area contributed by atoms with Crippen LogP contribution in [0.15, 0.2) is 10.6 Å². The average Bonchev–Trinajstić information content (AvgIpc) is 2.75. The van der Waals surface area contributed by atoms with Crippen molar-refractivity contribution in [3.05, 3.63) is 17.5 Å². The van der Waals surface area contributed by atoms with Crippen LogP contribution in [0, 0.1) is 0 Å². The summed E-state index contributed by atoms with van der Waals surface area (Å²) in [5, 5.41) is 14.7. The van der Waals surface area contributed by atoms with E-state index < -0.39 is 5.60 Å². The fourth-order valence-corrected chi connectivity index (χ4v) is 2.96. The first-order chi connectivity index (χ1) is 9.50. The average molecular weight is 281 g/mol. The van der Waals surface area contributed by atoms with Crippen molar-refractivity contribution >= 4 is 0 Å². The third kappa shape index (κ3) is 4.30. The number of hydrogen-bond donors (Lipinski definition) is 1. The molecule has 0 bridgehead atoms. The molecule has 1 fully saturated rings. The standard InChI is InChI=1S/C15H27N3O2/c1-4-13-10-14(20-16-13)11-18-8-5-6-15(19,7-9-18)12-17(2)3/h10,19H,4-9,11-12H2,1-3H3/t15-/m1/s1. The largest absolute Gasteiger partial charge is 0.389 e. The minimum Gasteiger partial charge on any atom is -0.389 e. The molecule has 114 valence electrons. The van der Waals surface area contributed by atoms with Gasteiger partial charge in [-0.05, 0) is 46.3 Å². The zero-order valence-corrected chi connectivity index (χ0v) is 12.9. The van der Waals surface area contributed by atoms with Gasteiger partial charge in [-0.2, -0.15) is 0 Å². The lowest BCUT2D eigenvalue weighted by molar-refractivity contribution is 0.00241. The maximum Gasteiger partial charge on any atom is 0.150 e. The lowest BCUT2D eigenvalue weighted by Crippen LogP contribution is -2.40. The van der Waals surface area contributed by atoms with Gasteiger partial charge in [-0.3, -0.25) is 4.90 Å². The van der Waals surface area contributed by atoms with Crippen LogP contribution in [0.2, 0.25) is 0 Å². The van der Waals surface area contributed by atoms with Crippen molar-refractivity contribution in [1.82, 2.24) is 15.0 Å². The van der Waals surface area contributed by atoms with Gasteiger partial charge >= 0.3 is 0 Å². The number of aryl methyl sites for hydroxylation is 1. The maximum atomic E-state index is 10.6. The highest BCUT2D eigenvalue weighted by atomic mass is 16.5. The highest BCUT2D eigenvalue weighted by Gasteiger charge is 2.30. The molecular formula is C15H27N3O2. The van der Waals surface area contributed by atoms with Crippen LogP contribution in [0.1, 0.15) is 37.6 Å². The molecule has 0 spiro atoms. The number of rotatable bonds is 5.